The lowest BCUT2D eigenvalue weighted by Crippen LogP contribution is -2.67. The fourth-order valence-corrected chi connectivity index (χ4v) is 6.23. The Morgan fingerprint density at radius 2 is 1.74 bits per heavy atom. The Labute approximate surface area is 197 Å². The molecule has 2 aliphatic carbocycles. The van der Waals surface area contributed by atoms with Crippen LogP contribution >= 0.6 is 0 Å². The van der Waals surface area contributed by atoms with Gasteiger partial charge in [-0.05, 0) is 26.0 Å². The SMILES string of the molecule is CCOC(=O)[C@]1(C#N)[C@H](c2ccco2)[C@@](C#N)(C(=O)OCC)[C@H]2C(=O)C[C@@H]1[C@@H]2N1CCOCC1. The Morgan fingerprint density at radius 1 is 1.12 bits per heavy atom. The summed E-state index contributed by atoms with van der Waals surface area (Å²) in [5.41, 5.74) is -4.19. The third-order valence-electron chi connectivity index (χ3n) is 7.40. The average Bonchev–Trinajstić information content (AvgIpc) is 3.47. The maximum Gasteiger partial charge on any atom is 0.328 e. The molecule has 10 nitrogen and oxygen atoms in total. The van der Waals surface area contributed by atoms with Gasteiger partial charge in [-0.2, -0.15) is 10.5 Å². The summed E-state index contributed by atoms with van der Waals surface area (Å²) >= 11 is 0. The second-order valence-electron chi connectivity index (χ2n) is 8.74. The van der Waals surface area contributed by atoms with E-state index in [9.17, 15) is 24.9 Å². The second-order valence-corrected chi connectivity index (χ2v) is 8.74. The highest BCUT2D eigenvalue weighted by Crippen LogP contribution is 2.67. The quantitative estimate of drug-likeness (QED) is 0.561. The molecule has 0 amide bonds. The first-order valence-electron chi connectivity index (χ1n) is 11.5. The molecule has 4 rings (SSSR count). The van der Waals surface area contributed by atoms with E-state index in [4.69, 9.17) is 18.6 Å². The molecular weight excluding hydrogens is 442 g/mol. The number of ketones is 1. The van der Waals surface area contributed by atoms with Gasteiger partial charge in [-0.1, -0.05) is 0 Å². The molecule has 1 aliphatic heterocycles. The molecule has 34 heavy (non-hydrogen) atoms. The van der Waals surface area contributed by atoms with Gasteiger partial charge in [0.15, 0.2) is 10.8 Å². The maximum atomic E-state index is 13.7. The molecule has 3 fully saturated rings. The number of fused-ring (bicyclic) bond motifs is 2. The number of carbonyl (C=O) groups excluding carboxylic acids is 3. The van der Waals surface area contributed by atoms with Gasteiger partial charge in [-0.25, -0.2) is 0 Å². The normalized spacial score (nSPS) is 35.2. The Kier molecular flexibility index (Phi) is 6.48. The van der Waals surface area contributed by atoms with Gasteiger partial charge >= 0.3 is 11.9 Å². The lowest BCUT2D eigenvalue weighted by atomic mass is 9.47. The van der Waals surface area contributed by atoms with Crippen LogP contribution < -0.4 is 0 Å². The number of Topliss-reactive ketones (excluding diaryl/α,β-unsaturated/α-hetero) is 1. The van der Waals surface area contributed by atoms with Crippen molar-refractivity contribution in [3.05, 3.63) is 24.2 Å². The van der Waals surface area contributed by atoms with Gasteiger partial charge in [0, 0.05) is 31.5 Å². The van der Waals surface area contributed by atoms with Crippen molar-refractivity contribution in [1.82, 2.24) is 4.90 Å². The molecule has 0 unspecified atom stereocenters. The van der Waals surface area contributed by atoms with Crippen LogP contribution in [0.3, 0.4) is 0 Å². The van der Waals surface area contributed by atoms with Crippen molar-refractivity contribution in [2.45, 2.75) is 32.2 Å². The molecule has 1 saturated heterocycles. The summed E-state index contributed by atoms with van der Waals surface area (Å²) in [4.78, 5) is 42.9. The number of ether oxygens (including phenoxy) is 3. The van der Waals surface area contributed by atoms with Crippen LogP contribution in [0.1, 0.15) is 31.9 Å². The number of nitriles is 2. The minimum atomic E-state index is -2.16. The topological polar surface area (TPSA) is 143 Å². The zero-order valence-electron chi connectivity index (χ0n) is 19.2. The molecule has 0 spiro atoms. The van der Waals surface area contributed by atoms with E-state index in [0.717, 1.165) is 0 Å². The van der Waals surface area contributed by atoms with Crippen molar-refractivity contribution in [2.75, 3.05) is 39.5 Å². The van der Waals surface area contributed by atoms with Gasteiger partial charge < -0.3 is 18.6 Å². The lowest BCUT2D eigenvalue weighted by Gasteiger charge is -2.54. The number of hydrogen-bond acceptors (Lipinski definition) is 10. The van der Waals surface area contributed by atoms with E-state index >= 15 is 0 Å². The molecule has 10 heteroatoms. The first-order chi connectivity index (χ1) is 16.4. The van der Waals surface area contributed by atoms with Crippen molar-refractivity contribution in [3.8, 4) is 12.1 Å². The number of nitrogens with zero attached hydrogens (tertiary/aromatic N) is 3. The predicted molar refractivity (Wildman–Crippen MR) is 114 cm³/mol. The summed E-state index contributed by atoms with van der Waals surface area (Å²) in [6.07, 6.45) is 1.20. The van der Waals surface area contributed by atoms with Crippen molar-refractivity contribution in [1.29, 1.82) is 10.5 Å². The first-order valence-corrected chi connectivity index (χ1v) is 11.5. The maximum absolute atomic E-state index is 13.7. The van der Waals surface area contributed by atoms with E-state index in [0.29, 0.717) is 26.3 Å². The predicted octanol–water partition coefficient (Wildman–Crippen LogP) is 1.43. The van der Waals surface area contributed by atoms with Crippen molar-refractivity contribution >= 4 is 17.7 Å². The molecule has 1 aromatic rings. The first kappa shape index (κ1) is 23.9. The van der Waals surface area contributed by atoms with E-state index in [1.807, 2.05) is 4.90 Å². The summed E-state index contributed by atoms with van der Waals surface area (Å²) in [6, 6.07) is 6.57. The molecule has 0 aromatic carbocycles. The minimum Gasteiger partial charge on any atom is -0.469 e. The molecule has 2 saturated carbocycles. The largest absolute Gasteiger partial charge is 0.469 e. The summed E-state index contributed by atoms with van der Waals surface area (Å²) < 4.78 is 21.8. The molecule has 1 aromatic heterocycles. The van der Waals surface area contributed by atoms with E-state index in [-0.39, 0.29) is 31.2 Å². The Hall–Kier alpha value is -3.21. The number of morpholine rings is 1. The Morgan fingerprint density at radius 3 is 2.26 bits per heavy atom. The highest BCUT2D eigenvalue weighted by atomic mass is 16.5. The van der Waals surface area contributed by atoms with Gasteiger partial charge in [0.2, 0.25) is 0 Å². The summed E-state index contributed by atoms with van der Waals surface area (Å²) in [5.74, 6) is -5.38. The lowest BCUT2D eigenvalue weighted by molar-refractivity contribution is -0.180. The molecule has 3 aliphatic rings. The monoisotopic (exact) mass is 469 g/mol. The van der Waals surface area contributed by atoms with Crippen LogP contribution in [-0.2, 0) is 28.6 Å². The smallest absolute Gasteiger partial charge is 0.328 e. The van der Waals surface area contributed by atoms with Gasteiger partial charge in [0.1, 0.15) is 11.5 Å². The summed E-state index contributed by atoms with van der Waals surface area (Å²) in [5, 5.41) is 21.3. The van der Waals surface area contributed by atoms with Gasteiger partial charge in [0.05, 0.1) is 56.7 Å². The van der Waals surface area contributed by atoms with E-state index in [1.165, 1.54) is 12.3 Å². The Bertz CT molecular complexity index is 1040. The fraction of sp³-hybridized carbons (Fsp3) is 0.625. The fourth-order valence-electron chi connectivity index (χ4n) is 6.23. The summed E-state index contributed by atoms with van der Waals surface area (Å²) in [7, 11) is 0. The molecule has 6 atom stereocenters. The highest BCUT2D eigenvalue weighted by molar-refractivity contribution is 5.99. The Balaban J connectivity index is 2.05. The third-order valence-corrected chi connectivity index (χ3v) is 7.40. The van der Waals surface area contributed by atoms with Gasteiger partial charge in [-0.15, -0.1) is 0 Å². The zero-order chi connectivity index (χ0) is 24.5. The standard InChI is InChI=1S/C24H27N3O7/c1-3-32-21(29)23(13-25)15-12-16(28)18(19(15)27-7-10-31-11-8-27)24(14-26,22(30)33-4-2)20(23)17-6-5-9-34-17/h5-6,9,15,18-20H,3-4,7-8,10-12H2,1-2H3/t15-,18+,19+,20+,23+,24+/m1/s1. The second kappa shape index (κ2) is 9.21. The molecule has 0 N–H and O–H groups in total. The van der Waals surface area contributed by atoms with E-state index in [2.05, 4.69) is 12.1 Å². The van der Waals surface area contributed by atoms with Crippen LogP contribution in [0.15, 0.2) is 22.8 Å². The number of carbonyl (C=O) groups is 3. The highest BCUT2D eigenvalue weighted by Gasteiger charge is 2.79. The van der Waals surface area contributed by atoms with Crippen LogP contribution in [0.25, 0.3) is 0 Å². The number of hydrogen-bond donors (Lipinski definition) is 0. The van der Waals surface area contributed by atoms with Crippen LogP contribution in [0, 0.1) is 45.3 Å². The van der Waals surface area contributed by atoms with Gasteiger partial charge in [0.25, 0.3) is 0 Å². The van der Waals surface area contributed by atoms with E-state index < -0.39 is 46.6 Å². The number of esters is 2. The zero-order valence-corrected chi connectivity index (χ0v) is 19.2. The van der Waals surface area contributed by atoms with Crippen LogP contribution in [0.4, 0.5) is 0 Å². The third kappa shape index (κ3) is 3.17. The number of rotatable bonds is 6. The average molecular weight is 469 g/mol. The van der Waals surface area contributed by atoms with Crippen molar-refractivity contribution in [2.24, 2.45) is 22.7 Å². The van der Waals surface area contributed by atoms with Crippen LogP contribution in [-0.4, -0.2) is 68.2 Å². The van der Waals surface area contributed by atoms with Crippen molar-refractivity contribution in [3.63, 3.8) is 0 Å². The summed E-state index contributed by atoms with van der Waals surface area (Å²) in [6.45, 7) is 4.80. The molecule has 2 bridgehead atoms. The van der Waals surface area contributed by atoms with E-state index in [1.54, 1.807) is 19.9 Å². The molecule has 2 heterocycles. The van der Waals surface area contributed by atoms with Crippen molar-refractivity contribution < 1.29 is 33.0 Å². The molecule has 180 valence electrons. The van der Waals surface area contributed by atoms with Crippen LogP contribution in [0.5, 0.6) is 0 Å². The molecular formula is C24H27N3O7. The number of furan rings is 1. The van der Waals surface area contributed by atoms with Gasteiger partial charge in [-0.3, -0.25) is 19.3 Å². The molecule has 0 radical (unpaired) electrons. The van der Waals surface area contributed by atoms with Crippen LogP contribution in [0.2, 0.25) is 0 Å². The minimum absolute atomic E-state index is 0.0155.